The summed E-state index contributed by atoms with van der Waals surface area (Å²) in [6, 6.07) is 11.4. The smallest absolute Gasteiger partial charge is 0.334 e. The van der Waals surface area contributed by atoms with Crippen molar-refractivity contribution >= 4 is 57.7 Å². The van der Waals surface area contributed by atoms with Crippen LogP contribution in [-0.2, 0) is 0 Å². The molecule has 0 saturated carbocycles. The molecule has 0 aliphatic carbocycles. The Morgan fingerprint density at radius 3 is 2.43 bits per heavy atom. The maximum atomic E-state index is 11.7. The highest BCUT2D eigenvalue weighted by molar-refractivity contribution is 6.43. The molecule has 0 aliphatic heterocycles. The number of benzene rings is 2. The Balaban J connectivity index is 2.00. The van der Waals surface area contributed by atoms with E-state index in [9.17, 15) is 14.9 Å². The number of halogens is 2. The standard InChI is InChI=1S/C18H13Cl2N5O3/c1-10(26)11-4-2-5-12(8-11)23-17-16(25(27)28)18(22-9-21-17)24-14-7-3-6-13(19)15(14)20/h2-9H,1H3,(H2,21,22,23,24). The van der Waals surface area contributed by atoms with Gasteiger partial charge in [0.25, 0.3) is 0 Å². The highest BCUT2D eigenvalue weighted by Crippen LogP contribution is 2.36. The zero-order chi connectivity index (χ0) is 20.3. The van der Waals surface area contributed by atoms with Crippen molar-refractivity contribution in [1.29, 1.82) is 0 Å². The quantitative estimate of drug-likeness (QED) is 0.314. The van der Waals surface area contributed by atoms with E-state index in [4.69, 9.17) is 23.2 Å². The molecule has 0 spiro atoms. The van der Waals surface area contributed by atoms with E-state index in [1.165, 1.54) is 13.3 Å². The molecule has 0 amide bonds. The van der Waals surface area contributed by atoms with Gasteiger partial charge in [0.1, 0.15) is 6.33 Å². The first-order valence-electron chi connectivity index (χ1n) is 7.95. The van der Waals surface area contributed by atoms with E-state index in [1.807, 2.05) is 0 Å². The van der Waals surface area contributed by atoms with Gasteiger partial charge in [-0.2, -0.15) is 0 Å². The molecule has 0 fully saturated rings. The molecule has 8 nitrogen and oxygen atoms in total. The van der Waals surface area contributed by atoms with E-state index < -0.39 is 4.92 Å². The summed E-state index contributed by atoms with van der Waals surface area (Å²) in [4.78, 5) is 30.5. The van der Waals surface area contributed by atoms with E-state index in [0.29, 0.717) is 22.0 Å². The zero-order valence-electron chi connectivity index (χ0n) is 14.4. The molecular weight excluding hydrogens is 405 g/mol. The lowest BCUT2D eigenvalue weighted by Gasteiger charge is -2.11. The third kappa shape index (κ3) is 4.19. The second kappa shape index (κ2) is 8.20. The van der Waals surface area contributed by atoms with Gasteiger partial charge >= 0.3 is 5.69 Å². The number of carbonyl (C=O) groups is 1. The first-order valence-corrected chi connectivity index (χ1v) is 8.71. The molecule has 0 radical (unpaired) electrons. The van der Waals surface area contributed by atoms with Crippen molar-refractivity contribution in [2.45, 2.75) is 6.92 Å². The number of rotatable bonds is 6. The van der Waals surface area contributed by atoms with Gasteiger partial charge in [-0.1, -0.05) is 41.4 Å². The number of carbonyl (C=O) groups excluding carboxylic acids is 1. The van der Waals surface area contributed by atoms with Gasteiger partial charge in [0, 0.05) is 11.3 Å². The molecule has 0 aliphatic rings. The lowest BCUT2D eigenvalue weighted by molar-refractivity contribution is -0.383. The fourth-order valence-electron chi connectivity index (χ4n) is 2.42. The minimum absolute atomic E-state index is 0.0404. The van der Waals surface area contributed by atoms with Crippen LogP contribution in [0.4, 0.5) is 28.7 Å². The molecule has 3 aromatic rings. The molecule has 3 rings (SSSR count). The average Bonchev–Trinajstić information content (AvgIpc) is 2.65. The van der Waals surface area contributed by atoms with Gasteiger partial charge in [0.2, 0.25) is 11.6 Å². The normalized spacial score (nSPS) is 10.4. The van der Waals surface area contributed by atoms with E-state index >= 15 is 0 Å². The number of hydrogen-bond acceptors (Lipinski definition) is 7. The number of hydrogen-bond donors (Lipinski definition) is 2. The molecule has 0 saturated heterocycles. The van der Waals surface area contributed by atoms with Crippen LogP contribution in [0.3, 0.4) is 0 Å². The summed E-state index contributed by atoms with van der Waals surface area (Å²) in [5.74, 6) is -0.227. The lowest BCUT2D eigenvalue weighted by atomic mass is 10.1. The summed E-state index contributed by atoms with van der Waals surface area (Å²) in [7, 11) is 0. The summed E-state index contributed by atoms with van der Waals surface area (Å²) in [6.45, 7) is 1.43. The van der Waals surface area contributed by atoms with Crippen LogP contribution in [0.2, 0.25) is 10.0 Å². The number of anilines is 4. The number of Topliss-reactive ketones (excluding diaryl/α,β-unsaturated/α-hetero) is 1. The fourth-order valence-corrected chi connectivity index (χ4v) is 2.76. The molecule has 0 bridgehead atoms. The molecular formula is C18H13Cl2N5O3. The third-order valence-electron chi connectivity index (χ3n) is 3.74. The van der Waals surface area contributed by atoms with Crippen molar-refractivity contribution in [2.24, 2.45) is 0 Å². The third-order valence-corrected chi connectivity index (χ3v) is 4.56. The molecule has 0 atom stereocenters. The highest BCUT2D eigenvalue weighted by Gasteiger charge is 2.24. The summed E-state index contributed by atoms with van der Waals surface area (Å²) in [5.41, 5.74) is 0.916. The van der Waals surface area contributed by atoms with Gasteiger partial charge in [-0.25, -0.2) is 9.97 Å². The molecule has 2 N–H and O–H groups in total. The second-order valence-corrected chi connectivity index (χ2v) is 6.45. The van der Waals surface area contributed by atoms with E-state index in [1.54, 1.807) is 42.5 Å². The molecule has 2 aromatic carbocycles. The van der Waals surface area contributed by atoms with Crippen LogP contribution in [0.5, 0.6) is 0 Å². The van der Waals surface area contributed by atoms with Crippen molar-refractivity contribution in [3.05, 3.63) is 74.5 Å². The minimum Gasteiger partial charge on any atom is -0.334 e. The van der Waals surface area contributed by atoms with Crippen LogP contribution < -0.4 is 10.6 Å². The summed E-state index contributed by atoms with van der Waals surface area (Å²) < 4.78 is 0. The van der Waals surface area contributed by atoms with Gasteiger partial charge in [-0.3, -0.25) is 14.9 Å². The number of nitro groups is 1. The molecule has 10 heteroatoms. The summed E-state index contributed by atoms with van der Waals surface area (Å²) >= 11 is 12.1. The first kappa shape index (κ1) is 19.5. The predicted octanol–water partition coefficient (Wildman–Crippen LogP) is 5.38. The van der Waals surface area contributed by atoms with Crippen molar-refractivity contribution in [2.75, 3.05) is 10.6 Å². The van der Waals surface area contributed by atoms with Gasteiger partial charge < -0.3 is 10.6 Å². The average molecular weight is 418 g/mol. The van der Waals surface area contributed by atoms with E-state index in [0.717, 1.165) is 0 Å². The van der Waals surface area contributed by atoms with Crippen molar-refractivity contribution in [3.63, 3.8) is 0 Å². The van der Waals surface area contributed by atoms with Crippen LogP contribution in [0.15, 0.2) is 48.8 Å². The van der Waals surface area contributed by atoms with Crippen LogP contribution in [0, 0.1) is 10.1 Å². The van der Waals surface area contributed by atoms with Crippen LogP contribution in [0.1, 0.15) is 17.3 Å². The monoisotopic (exact) mass is 417 g/mol. The van der Waals surface area contributed by atoms with E-state index in [-0.39, 0.29) is 28.1 Å². The van der Waals surface area contributed by atoms with Crippen LogP contribution >= 0.6 is 23.2 Å². The predicted molar refractivity (Wildman–Crippen MR) is 108 cm³/mol. The Kier molecular flexibility index (Phi) is 5.72. The number of nitrogens with zero attached hydrogens (tertiary/aromatic N) is 3. The van der Waals surface area contributed by atoms with Crippen LogP contribution in [-0.4, -0.2) is 20.7 Å². The molecule has 0 unspecified atom stereocenters. The van der Waals surface area contributed by atoms with Crippen molar-refractivity contribution in [1.82, 2.24) is 9.97 Å². The minimum atomic E-state index is -0.613. The molecule has 142 valence electrons. The zero-order valence-corrected chi connectivity index (χ0v) is 16.0. The fraction of sp³-hybridized carbons (Fsp3) is 0.0556. The SMILES string of the molecule is CC(=O)c1cccc(Nc2ncnc(Nc3cccc(Cl)c3Cl)c2[N+](=O)[O-])c1. The van der Waals surface area contributed by atoms with Crippen molar-refractivity contribution in [3.8, 4) is 0 Å². The van der Waals surface area contributed by atoms with E-state index in [2.05, 4.69) is 20.6 Å². The maximum absolute atomic E-state index is 11.7. The Morgan fingerprint density at radius 1 is 1.07 bits per heavy atom. The Bertz CT molecular complexity index is 1070. The Labute approximate surface area is 169 Å². The first-order chi connectivity index (χ1) is 13.4. The second-order valence-electron chi connectivity index (χ2n) is 5.66. The number of nitrogens with one attached hydrogen (secondary N) is 2. The highest BCUT2D eigenvalue weighted by atomic mass is 35.5. The molecule has 1 aromatic heterocycles. The Hall–Kier alpha value is -3.23. The summed E-state index contributed by atoms with van der Waals surface area (Å²) in [6.07, 6.45) is 1.17. The number of aromatic nitrogens is 2. The molecule has 28 heavy (non-hydrogen) atoms. The summed E-state index contributed by atoms with van der Waals surface area (Å²) in [5, 5.41) is 17.9. The largest absolute Gasteiger partial charge is 0.353 e. The maximum Gasteiger partial charge on any atom is 0.353 e. The van der Waals surface area contributed by atoms with Gasteiger partial charge in [0.15, 0.2) is 5.78 Å². The van der Waals surface area contributed by atoms with Gasteiger partial charge in [0.05, 0.1) is 20.7 Å². The van der Waals surface area contributed by atoms with Gasteiger partial charge in [-0.05, 0) is 31.2 Å². The van der Waals surface area contributed by atoms with Crippen molar-refractivity contribution < 1.29 is 9.72 Å². The lowest BCUT2D eigenvalue weighted by Crippen LogP contribution is -2.06. The Morgan fingerprint density at radius 2 is 1.75 bits per heavy atom. The van der Waals surface area contributed by atoms with Gasteiger partial charge in [-0.15, -0.1) is 0 Å². The van der Waals surface area contributed by atoms with Crippen LogP contribution in [0.25, 0.3) is 0 Å². The topological polar surface area (TPSA) is 110 Å². The molecule has 1 heterocycles. The number of ketones is 1.